The maximum atomic E-state index is 6.46. The summed E-state index contributed by atoms with van der Waals surface area (Å²) in [4.78, 5) is 0. The maximum Gasteiger partial charge on any atom is 0.0314 e. The van der Waals surface area contributed by atoms with Crippen LogP contribution in [0.5, 0.6) is 0 Å². The van der Waals surface area contributed by atoms with Gasteiger partial charge < -0.3 is 17.2 Å². The zero-order chi connectivity index (χ0) is 16.2. The lowest BCUT2D eigenvalue weighted by Crippen LogP contribution is -2.38. The topological polar surface area (TPSA) is 78.1 Å². The molecule has 2 saturated carbocycles. The van der Waals surface area contributed by atoms with Crippen molar-refractivity contribution in [3.63, 3.8) is 0 Å². The summed E-state index contributed by atoms with van der Waals surface area (Å²) in [6, 6.07) is 9.26. The van der Waals surface area contributed by atoms with Crippen LogP contribution < -0.4 is 17.2 Å². The minimum absolute atomic E-state index is 0.410. The smallest absolute Gasteiger partial charge is 0.0314 e. The van der Waals surface area contributed by atoms with Gasteiger partial charge in [-0.2, -0.15) is 0 Å². The lowest BCUT2D eigenvalue weighted by Gasteiger charge is -2.37. The van der Waals surface area contributed by atoms with Crippen LogP contribution in [0.3, 0.4) is 0 Å². The Morgan fingerprint density at radius 2 is 1.48 bits per heavy atom. The molecular formula is C20H33N3. The van der Waals surface area contributed by atoms with Crippen molar-refractivity contribution < 1.29 is 0 Å². The Hall–Kier alpha value is -1.06. The molecule has 0 aromatic heterocycles. The summed E-state index contributed by atoms with van der Waals surface area (Å²) < 4.78 is 0. The van der Waals surface area contributed by atoms with E-state index < -0.39 is 0 Å². The van der Waals surface area contributed by atoms with E-state index in [4.69, 9.17) is 17.2 Å². The predicted octanol–water partition coefficient (Wildman–Crippen LogP) is 3.46. The third-order valence-corrected chi connectivity index (χ3v) is 6.18. The molecule has 3 rings (SSSR count). The van der Waals surface area contributed by atoms with Gasteiger partial charge in [-0.3, -0.25) is 0 Å². The summed E-state index contributed by atoms with van der Waals surface area (Å²) in [6.07, 6.45) is 11.3. The Bertz CT molecular complexity index is 476. The molecule has 2 aliphatic rings. The Morgan fingerprint density at radius 3 is 2.17 bits per heavy atom. The predicted molar refractivity (Wildman–Crippen MR) is 97.9 cm³/mol. The highest BCUT2D eigenvalue weighted by Crippen LogP contribution is 2.37. The van der Waals surface area contributed by atoms with Gasteiger partial charge in [-0.15, -0.1) is 0 Å². The number of hydrogen-bond acceptors (Lipinski definition) is 3. The lowest BCUT2D eigenvalue weighted by atomic mass is 9.70. The highest BCUT2D eigenvalue weighted by Gasteiger charge is 2.31. The number of hydrogen-bond donors (Lipinski definition) is 3. The van der Waals surface area contributed by atoms with Crippen LogP contribution in [0.25, 0.3) is 0 Å². The second-order valence-corrected chi connectivity index (χ2v) is 8.07. The van der Waals surface area contributed by atoms with Gasteiger partial charge in [-0.05, 0) is 93.2 Å². The molecule has 0 spiro atoms. The Kier molecular flexibility index (Phi) is 5.60. The molecule has 3 nitrogen and oxygen atoms in total. The molecule has 3 atom stereocenters. The van der Waals surface area contributed by atoms with E-state index in [1.807, 2.05) is 12.1 Å². The average Bonchev–Trinajstić information content (AvgIpc) is 2.55. The first kappa shape index (κ1) is 16.8. The largest absolute Gasteiger partial charge is 0.399 e. The van der Waals surface area contributed by atoms with Crippen molar-refractivity contribution in [3.8, 4) is 0 Å². The van der Waals surface area contributed by atoms with Crippen molar-refractivity contribution >= 4 is 5.69 Å². The third kappa shape index (κ3) is 4.71. The van der Waals surface area contributed by atoms with Crippen molar-refractivity contribution in [3.05, 3.63) is 29.8 Å². The van der Waals surface area contributed by atoms with Crippen LogP contribution in [0, 0.1) is 17.8 Å². The third-order valence-electron chi connectivity index (χ3n) is 6.18. The Labute approximate surface area is 141 Å². The van der Waals surface area contributed by atoms with Gasteiger partial charge in [0.25, 0.3) is 0 Å². The fraction of sp³-hybridized carbons (Fsp3) is 0.700. The standard InChI is InChI=1S/C20H33N3/c21-18-6-1-14(2-7-18)11-16-5-10-20(23)17(13-16)12-15-3-8-19(22)9-4-15/h1-2,6-7,15-17,19-20H,3-5,8-13,21-23H2. The Balaban J connectivity index is 1.53. The maximum absolute atomic E-state index is 6.46. The van der Waals surface area contributed by atoms with Gasteiger partial charge in [0.2, 0.25) is 0 Å². The molecular weight excluding hydrogens is 282 g/mol. The summed E-state index contributed by atoms with van der Waals surface area (Å²) in [6.45, 7) is 0. The van der Waals surface area contributed by atoms with Crippen LogP contribution in [0.4, 0.5) is 5.69 Å². The molecule has 2 aliphatic carbocycles. The van der Waals surface area contributed by atoms with E-state index in [0.717, 1.165) is 17.5 Å². The zero-order valence-electron chi connectivity index (χ0n) is 14.3. The van der Waals surface area contributed by atoms with Crippen molar-refractivity contribution in [2.75, 3.05) is 5.73 Å². The van der Waals surface area contributed by atoms with Gasteiger partial charge in [0.1, 0.15) is 0 Å². The number of nitrogens with two attached hydrogens (primary N) is 3. The molecule has 2 fully saturated rings. The van der Waals surface area contributed by atoms with Crippen LogP contribution >= 0.6 is 0 Å². The van der Waals surface area contributed by atoms with Crippen LogP contribution in [-0.2, 0) is 6.42 Å². The van der Waals surface area contributed by atoms with E-state index in [1.165, 1.54) is 63.4 Å². The number of benzene rings is 1. The minimum atomic E-state index is 0.410. The van der Waals surface area contributed by atoms with Gasteiger partial charge in [0, 0.05) is 17.8 Å². The summed E-state index contributed by atoms with van der Waals surface area (Å²) in [5.41, 5.74) is 20.6. The van der Waals surface area contributed by atoms with Crippen LogP contribution in [0.15, 0.2) is 24.3 Å². The quantitative estimate of drug-likeness (QED) is 0.745. The molecule has 128 valence electrons. The molecule has 1 aromatic rings. The molecule has 23 heavy (non-hydrogen) atoms. The van der Waals surface area contributed by atoms with Crippen molar-refractivity contribution in [2.45, 2.75) is 69.9 Å². The Morgan fingerprint density at radius 1 is 0.826 bits per heavy atom. The second kappa shape index (κ2) is 7.67. The van der Waals surface area contributed by atoms with E-state index in [0.29, 0.717) is 18.0 Å². The average molecular weight is 316 g/mol. The summed E-state index contributed by atoms with van der Waals surface area (Å²) in [5, 5.41) is 0. The number of nitrogen functional groups attached to an aromatic ring is 1. The SMILES string of the molecule is Nc1ccc(CC2CCC(N)C(CC3CCC(N)CC3)C2)cc1. The molecule has 0 radical (unpaired) electrons. The number of rotatable bonds is 4. The highest BCUT2D eigenvalue weighted by molar-refractivity contribution is 5.39. The van der Waals surface area contributed by atoms with Crippen molar-refractivity contribution in [1.82, 2.24) is 0 Å². The van der Waals surface area contributed by atoms with Gasteiger partial charge in [-0.25, -0.2) is 0 Å². The monoisotopic (exact) mass is 315 g/mol. The molecule has 3 unspecified atom stereocenters. The first-order valence-corrected chi connectivity index (χ1v) is 9.45. The molecule has 0 amide bonds. The highest BCUT2D eigenvalue weighted by atomic mass is 14.7. The summed E-state index contributed by atoms with van der Waals surface area (Å²) in [7, 11) is 0. The molecule has 3 heteroatoms. The van der Waals surface area contributed by atoms with Crippen molar-refractivity contribution in [2.24, 2.45) is 29.2 Å². The molecule has 0 saturated heterocycles. The molecule has 0 aliphatic heterocycles. The van der Waals surface area contributed by atoms with E-state index in [9.17, 15) is 0 Å². The molecule has 0 heterocycles. The zero-order valence-corrected chi connectivity index (χ0v) is 14.3. The van der Waals surface area contributed by atoms with Gasteiger partial charge in [-0.1, -0.05) is 12.1 Å². The molecule has 6 N–H and O–H groups in total. The van der Waals surface area contributed by atoms with Crippen LogP contribution in [0.2, 0.25) is 0 Å². The van der Waals surface area contributed by atoms with E-state index >= 15 is 0 Å². The van der Waals surface area contributed by atoms with Crippen molar-refractivity contribution in [1.29, 1.82) is 0 Å². The normalized spacial score (nSPS) is 35.1. The minimum Gasteiger partial charge on any atom is -0.399 e. The van der Waals surface area contributed by atoms with Crippen LogP contribution in [-0.4, -0.2) is 12.1 Å². The second-order valence-electron chi connectivity index (χ2n) is 8.07. The van der Waals surface area contributed by atoms with Gasteiger partial charge >= 0.3 is 0 Å². The molecule has 0 bridgehead atoms. The van der Waals surface area contributed by atoms with Gasteiger partial charge in [0.05, 0.1) is 0 Å². The summed E-state index contributed by atoms with van der Waals surface area (Å²) in [5.74, 6) is 2.36. The number of anilines is 1. The fourth-order valence-electron chi connectivity index (χ4n) is 4.68. The van der Waals surface area contributed by atoms with E-state index in [1.54, 1.807) is 0 Å². The van der Waals surface area contributed by atoms with Gasteiger partial charge in [0.15, 0.2) is 0 Å². The van der Waals surface area contributed by atoms with E-state index in [-0.39, 0.29) is 0 Å². The first-order chi connectivity index (χ1) is 11.1. The fourth-order valence-corrected chi connectivity index (χ4v) is 4.68. The molecule has 1 aromatic carbocycles. The first-order valence-electron chi connectivity index (χ1n) is 9.45. The van der Waals surface area contributed by atoms with E-state index in [2.05, 4.69) is 12.1 Å². The lowest BCUT2D eigenvalue weighted by molar-refractivity contribution is 0.176. The summed E-state index contributed by atoms with van der Waals surface area (Å²) >= 11 is 0. The van der Waals surface area contributed by atoms with Crippen LogP contribution in [0.1, 0.15) is 56.9 Å².